The fourth-order valence-corrected chi connectivity index (χ4v) is 9.88. The van der Waals surface area contributed by atoms with Crippen LogP contribution in [-0.4, -0.2) is 0 Å². The molecule has 0 unspecified atom stereocenters. The SMILES string of the molecule is c1ccc(-c2ccc(N(c3ccc(-c4cc5ccc6cccc7oc(c4)c5c67)cc3)c3ccc4c(c3)C(c3ccccc3)(c3ccccc3)c3ccccc3-4)cc2)cc1. The topological polar surface area (TPSA) is 16.4 Å². The first-order chi connectivity index (χ1) is 29.2. The van der Waals surface area contributed by atoms with Gasteiger partial charge in [0.1, 0.15) is 11.2 Å². The lowest BCUT2D eigenvalue weighted by Crippen LogP contribution is -2.28. The zero-order chi connectivity index (χ0) is 38.9. The number of fused-ring (bicyclic) bond motifs is 3. The van der Waals surface area contributed by atoms with Gasteiger partial charge < -0.3 is 9.32 Å². The molecule has 0 N–H and O–H groups in total. The molecule has 11 aromatic rings. The third kappa shape index (κ3) is 5.13. The van der Waals surface area contributed by atoms with Gasteiger partial charge in [0, 0.05) is 27.8 Å². The van der Waals surface area contributed by atoms with Crippen molar-refractivity contribution in [3.63, 3.8) is 0 Å². The van der Waals surface area contributed by atoms with Crippen molar-refractivity contribution >= 4 is 49.8 Å². The summed E-state index contributed by atoms with van der Waals surface area (Å²) in [7, 11) is 0. The van der Waals surface area contributed by atoms with Gasteiger partial charge in [-0.3, -0.25) is 0 Å². The summed E-state index contributed by atoms with van der Waals surface area (Å²) < 4.78 is 6.43. The van der Waals surface area contributed by atoms with Crippen molar-refractivity contribution in [2.24, 2.45) is 0 Å². The minimum absolute atomic E-state index is 0.498. The van der Waals surface area contributed by atoms with Crippen LogP contribution < -0.4 is 4.90 Å². The van der Waals surface area contributed by atoms with Gasteiger partial charge in [-0.15, -0.1) is 0 Å². The van der Waals surface area contributed by atoms with E-state index in [2.05, 4.69) is 229 Å². The molecule has 0 atom stereocenters. The molecule has 0 bridgehead atoms. The number of rotatable bonds is 7. The Balaban J connectivity index is 1.03. The van der Waals surface area contributed by atoms with Crippen molar-refractivity contribution in [1.82, 2.24) is 0 Å². The summed E-state index contributed by atoms with van der Waals surface area (Å²) in [5.41, 5.74) is 16.9. The van der Waals surface area contributed by atoms with Crippen LogP contribution in [0.3, 0.4) is 0 Å². The maximum atomic E-state index is 6.43. The maximum absolute atomic E-state index is 6.43. The first kappa shape index (κ1) is 33.5. The molecule has 1 aliphatic carbocycles. The number of anilines is 3. The zero-order valence-electron chi connectivity index (χ0n) is 32.2. The Kier molecular flexibility index (Phi) is 7.48. The van der Waals surface area contributed by atoms with Gasteiger partial charge in [0.05, 0.1) is 5.41 Å². The molecule has 0 amide bonds. The van der Waals surface area contributed by atoms with Gasteiger partial charge in [0.25, 0.3) is 0 Å². The largest absolute Gasteiger partial charge is 0.456 e. The smallest absolute Gasteiger partial charge is 0.136 e. The Morgan fingerprint density at radius 2 is 0.864 bits per heavy atom. The van der Waals surface area contributed by atoms with Gasteiger partial charge in [0.2, 0.25) is 0 Å². The minimum atomic E-state index is -0.498. The van der Waals surface area contributed by atoms with Gasteiger partial charge in [-0.05, 0) is 121 Å². The highest BCUT2D eigenvalue weighted by Gasteiger charge is 2.46. The Morgan fingerprint density at radius 1 is 0.322 bits per heavy atom. The van der Waals surface area contributed by atoms with Crippen molar-refractivity contribution in [3.05, 3.63) is 247 Å². The molecule has 10 aromatic carbocycles. The van der Waals surface area contributed by atoms with Gasteiger partial charge in [-0.1, -0.05) is 170 Å². The van der Waals surface area contributed by atoms with Crippen molar-refractivity contribution < 1.29 is 4.42 Å². The summed E-state index contributed by atoms with van der Waals surface area (Å²) in [6, 6.07) is 81.9. The van der Waals surface area contributed by atoms with Crippen LogP contribution in [0.2, 0.25) is 0 Å². The van der Waals surface area contributed by atoms with E-state index in [0.717, 1.165) is 39.4 Å². The van der Waals surface area contributed by atoms with E-state index in [4.69, 9.17) is 4.42 Å². The molecule has 0 fully saturated rings. The zero-order valence-corrected chi connectivity index (χ0v) is 32.2. The van der Waals surface area contributed by atoms with Crippen molar-refractivity contribution in [2.75, 3.05) is 4.90 Å². The highest BCUT2D eigenvalue weighted by Crippen LogP contribution is 2.57. The van der Waals surface area contributed by atoms with Crippen molar-refractivity contribution in [2.45, 2.75) is 5.41 Å². The van der Waals surface area contributed by atoms with E-state index in [-0.39, 0.29) is 0 Å². The fourth-order valence-electron chi connectivity index (χ4n) is 9.88. The number of furan rings is 1. The van der Waals surface area contributed by atoms with Crippen molar-refractivity contribution in [3.8, 4) is 33.4 Å². The second-order valence-electron chi connectivity index (χ2n) is 15.6. The number of benzene rings is 10. The quantitative estimate of drug-likeness (QED) is 0.151. The summed E-state index contributed by atoms with van der Waals surface area (Å²) in [4.78, 5) is 2.40. The number of hydrogen-bond donors (Lipinski definition) is 0. The molecule has 2 heteroatoms. The molecule has 0 radical (unpaired) electrons. The predicted molar refractivity (Wildman–Crippen MR) is 245 cm³/mol. The lowest BCUT2D eigenvalue weighted by Gasteiger charge is -2.35. The molecular weight excluding hydrogens is 715 g/mol. The molecule has 0 spiro atoms. The normalized spacial score (nSPS) is 12.9. The lowest BCUT2D eigenvalue weighted by molar-refractivity contribution is 0.669. The molecule has 2 nitrogen and oxygen atoms in total. The molecular formula is C57H37NO. The highest BCUT2D eigenvalue weighted by atomic mass is 16.3. The van der Waals surface area contributed by atoms with Gasteiger partial charge >= 0.3 is 0 Å². The first-order valence-electron chi connectivity index (χ1n) is 20.3. The van der Waals surface area contributed by atoms with E-state index in [0.29, 0.717) is 0 Å². The standard InChI is InChI=1S/C57H37NO/c1-4-13-38(14-5-1)39-25-29-46(30-26-39)58(47-31-27-40(28-32-47)43-35-42-24-23-41-15-12-22-53-55(41)56(42)54(36-43)59-53)48-33-34-50-49-20-10-11-21-51(49)57(52(50)37-48,44-16-6-2-7-17-44)45-18-8-3-9-19-45/h1-37H. The van der Waals surface area contributed by atoms with Crippen LogP contribution in [0.4, 0.5) is 17.1 Å². The Hall–Kier alpha value is -7.68. The fraction of sp³-hybridized carbons (Fsp3) is 0.0175. The molecule has 12 rings (SSSR count). The van der Waals surface area contributed by atoms with E-state index in [1.165, 1.54) is 66.1 Å². The Bertz CT molecular complexity index is 3250. The summed E-state index contributed by atoms with van der Waals surface area (Å²) >= 11 is 0. The van der Waals surface area contributed by atoms with Gasteiger partial charge in [-0.25, -0.2) is 0 Å². The van der Waals surface area contributed by atoms with Crippen LogP contribution in [0, 0.1) is 0 Å². The molecule has 1 aliphatic rings. The van der Waals surface area contributed by atoms with E-state index in [1.54, 1.807) is 0 Å². The Labute approximate surface area is 343 Å². The molecule has 0 saturated carbocycles. The second-order valence-corrected chi connectivity index (χ2v) is 15.6. The van der Waals surface area contributed by atoms with E-state index in [9.17, 15) is 0 Å². The van der Waals surface area contributed by atoms with Gasteiger partial charge in [-0.2, -0.15) is 0 Å². The van der Waals surface area contributed by atoms with Crippen molar-refractivity contribution in [1.29, 1.82) is 0 Å². The number of nitrogens with zero attached hydrogens (tertiary/aromatic N) is 1. The van der Waals surface area contributed by atoms with E-state index >= 15 is 0 Å². The Morgan fingerprint density at radius 3 is 1.56 bits per heavy atom. The van der Waals surface area contributed by atoms with Crippen LogP contribution in [0.5, 0.6) is 0 Å². The minimum Gasteiger partial charge on any atom is -0.456 e. The molecule has 276 valence electrons. The van der Waals surface area contributed by atoms with Crippen LogP contribution in [0.25, 0.3) is 66.1 Å². The molecule has 1 aromatic heterocycles. The van der Waals surface area contributed by atoms with Crippen LogP contribution in [0.15, 0.2) is 229 Å². The summed E-state index contributed by atoms with van der Waals surface area (Å²) in [6.07, 6.45) is 0. The van der Waals surface area contributed by atoms with Gasteiger partial charge in [0.15, 0.2) is 0 Å². The summed E-state index contributed by atoms with van der Waals surface area (Å²) in [5, 5.41) is 4.81. The lowest BCUT2D eigenvalue weighted by atomic mass is 9.67. The molecule has 0 saturated heterocycles. The van der Waals surface area contributed by atoms with E-state index in [1.807, 2.05) is 0 Å². The summed E-state index contributed by atoms with van der Waals surface area (Å²) in [6.45, 7) is 0. The third-order valence-electron chi connectivity index (χ3n) is 12.5. The second kappa shape index (κ2) is 13.2. The monoisotopic (exact) mass is 751 g/mol. The third-order valence-corrected chi connectivity index (χ3v) is 12.5. The highest BCUT2D eigenvalue weighted by molar-refractivity contribution is 6.22. The average molecular weight is 752 g/mol. The first-order valence-corrected chi connectivity index (χ1v) is 20.3. The van der Waals surface area contributed by atoms with Crippen LogP contribution in [0.1, 0.15) is 22.3 Å². The van der Waals surface area contributed by atoms with Crippen LogP contribution in [-0.2, 0) is 5.41 Å². The molecule has 1 heterocycles. The summed E-state index contributed by atoms with van der Waals surface area (Å²) in [5.74, 6) is 0. The predicted octanol–water partition coefficient (Wildman–Crippen LogP) is 15.3. The van der Waals surface area contributed by atoms with E-state index < -0.39 is 5.41 Å². The average Bonchev–Trinajstić information content (AvgIpc) is 3.84. The molecule has 0 aliphatic heterocycles. The van der Waals surface area contributed by atoms with Crippen LogP contribution >= 0.6 is 0 Å². The number of hydrogen-bond acceptors (Lipinski definition) is 2. The maximum Gasteiger partial charge on any atom is 0.136 e. The molecule has 59 heavy (non-hydrogen) atoms.